The zero-order valence-electron chi connectivity index (χ0n) is 17.6. The van der Waals surface area contributed by atoms with E-state index in [1.54, 1.807) is 25.1 Å². The van der Waals surface area contributed by atoms with E-state index in [0.29, 0.717) is 37.4 Å². The van der Waals surface area contributed by atoms with Crippen LogP contribution in [0.15, 0.2) is 24.3 Å². The van der Waals surface area contributed by atoms with Crippen molar-refractivity contribution < 1.29 is 28.2 Å². The summed E-state index contributed by atoms with van der Waals surface area (Å²) < 4.78 is 23.5. The summed E-state index contributed by atoms with van der Waals surface area (Å²) in [4.78, 5) is 40.9. The normalized spacial score (nSPS) is 14.3. The number of nitrogens with one attached hydrogen (secondary N) is 1. The van der Waals surface area contributed by atoms with Gasteiger partial charge in [0.15, 0.2) is 0 Å². The molecule has 0 bridgehead atoms. The summed E-state index contributed by atoms with van der Waals surface area (Å²) in [6.07, 6.45) is 0. The highest BCUT2D eigenvalue weighted by molar-refractivity contribution is 7.18. The number of methoxy groups -OCH3 is 2. The number of rotatable bonds is 6. The van der Waals surface area contributed by atoms with Gasteiger partial charge in [0.1, 0.15) is 15.7 Å². The average molecular weight is 450 g/mol. The lowest BCUT2D eigenvalue weighted by Gasteiger charge is -2.35. The van der Waals surface area contributed by atoms with Crippen molar-refractivity contribution in [2.75, 3.05) is 57.2 Å². The van der Waals surface area contributed by atoms with Gasteiger partial charge >= 0.3 is 11.9 Å². The highest BCUT2D eigenvalue weighted by Gasteiger charge is 2.27. The summed E-state index contributed by atoms with van der Waals surface area (Å²) in [7, 11) is 2.48. The highest BCUT2D eigenvalue weighted by atomic mass is 32.1. The van der Waals surface area contributed by atoms with Gasteiger partial charge in [0, 0.05) is 26.2 Å². The Morgan fingerprint density at radius 1 is 1.06 bits per heavy atom. The number of hydrogen-bond donors (Lipinski definition) is 1. The number of nitrogens with zero attached hydrogens (tertiary/aromatic N) is 2. The van der Waals surface area contributed by atoms with Gasteiger partial charge in [0.05, 0.1) is 32.0 Å². The number of anilines is 2. The maximum Gasteiger partial charge on any atom is 0.348 e. The van der Waals surface area contributed by atoms with Crippen LogP contribution in [0.2, 0.25) is 0 Å². The number of amides is 1. The number of thiophene rings is 1. The number of para-hydroxylation sites is 1. The van der Waals surface area contributed by atoms with Gasteiger partial charge < -0.3 is 19.7 Å². The third-order valence-corrected chi connectivity index (χ3v) is 6.28. The van der Waals surface area contributed by atoms with Crippen molar-refractivity contribution in [1.29, 1.82) is 0 Å². The topological polar surface area (TPSA) is 88.2 Å². The maximum absolute atomic E-state index is 14.0. The van der Waals surface area contributed by atoms with Crippen LogP contribution in [0, 0.1) is 12.7 Å². The van der Waals surface area contributed by atoms with Crippen molar-refractivity contribution >= 4 is 39.9 Å². The van der Waals surface area contributed by atoms with Crippen LogP contribution >= 0.6 is 11.3 Å². The predicted octanol–water partition coefficient (Wildman–Crippen LogP) is 2.53. The maximum atomic E-state index is 14.0. The van der Waals surface area contributed by atoms with E-state index >= 15 is 0 Å². The van der Waals surface area contributed by atoms with Crippen LogP contribution in [0.5, 0.6) is 0 Å². The standard InChI is InChI=1S/C21H24FN3O5S/c1-13-17(20(27)29-2)19(31-18(13)21(28)30-3)23-16(26)12-24-8-10-25(11-9-24)15-7-5-4-6-14(15)22/h4-7H,8-12H2,1-3H3,(H,23,26). The lowest BCUT2D eigenvalue weighted by atomic mass is 10.1. The lowest BCUT2D eigenvalue weighted by molar-refractivity contribution is -0.117. The Morgan fingerprint density at radius 2 is 1.71 bits per heavy atom. The summed E-state index contributed by atoms with van der Waals surface area (Å²) in [5.74, 6) is -1.81. The molecule has 0 aliphatic carbocycles. The second-order valence-corrected chi connectivity index (χ2v) is 8.03. The fourth-order valence-electron chi connectivity index (χ4n) is 3.46. The van der Waals surface area contributed by atoms with Gasteiger partial charge in [-0.05, 0) is 24.6 Å². The molecule has 0 radical (unpaired) electrons. The Bertz CT molecular complexity index is 985. The van der Waals surface area contributed by atoms with E-state index in [2.05, 4.69) is 5.32 Å². The number of ether oxygens (including phenoxy) is 2. The molecule has 10 heteroatoms. The lowest BCUT2D eigenvalue weighted by Crippen LogP contribution is -2.48. The molecule has 3 rings (SSSR count). The van der Waals surface area contributed by atoms with Crippen LogP contribution < -0.4 is 10.2 Å². The smallest absolute Gasteiger partial charge is 0.348 e. The molecule has 1 saturated heterocycles. The Labute approximate surface area is 183 Å². The summed E-state index contributed by atoms with van der Waals surface area (Å²) in [5.41, 5.74) is 1.10. The van der Waals surface area contributed by atoms with Crippen LogP contribution in [0.4, 0.5) is 15.1 Å². The number of carbonyl (C=O) groups excluding carboxylic acids is 3. The van der Waals surface area contributed by atoms with Gasteiger partial charge in [-0.1, -0.05) is 12.1 Å². The van der Waals surface area contributed by atoms with Crippen molar-refractivity contribution in [3.63, 3.8) is 0 Å². The van der Waals surface area contributed by atoms with Gasteiger partial charge in [-0.25, -0.2) is 14.0 Å². The monoisotopic (exact) mass is 449 g/mol. The molecule has 2 aromatic rings. The highest BCUT2D eigenvalue weighted by Crippen LogP contribution is 2.34. The third kappa shape index (κ3) is 5.02. The van der Waals surface area contributed by atoms with Crippen LogP contribution in [0.25, 0.3) is 0 Å². The fourth-order valence-corrected chi connectivity index (χ4v) is 4.59. The summed E-state index contributed by atoms with van der Waals surface area (Å²) in [6.45, 7) is 4.06. The second-order valence-electron chi connectivity index (χ2n) is 7.01. The summed E-state index contributed by atoms with van der Waals surface area (Å²) in [6, 6.07) is 6.62. The van der Waals surface area contributed by atoms with Gasteiger partial charge in [0.25, 0.3) is 0 Å². The Morgan fingerprint density at radius 3 is 2.32 bits per heavy atom. The molecule has 0 atom stereocenters. The van der Waals surface area contributed by atoms with Crippen LogP contribution in [-0.2, 0) is 14.3 Å². The number of benzene rings is 1. The summed E-state index contributed by atoms with van der Waals surface area (Å²) >= 11 is 0.976. The van der Waals surface area contributed by atoms with E-state index in [9.17, 15) is 18.8 Å². The minimum absolute atomic E-state index is 0.107. The molecule has 166 valence electrons. The Kier molecular flexibility index (Phi) is 7.24. The van der Waals surface area contributed by atoms with Crippen molar-refractivity contribution in [3.05, 3.63) is 46.1 Å². The number of hydrogen-bond acceptors (Lipinski definition) is 8. The molecule has 31 heavy (non-hydrogen) atoms. The number of halogens is 1. The molecule has 8 nitrogen and oxygen atoms in total. The third-order valence-electron chi connectivity index (χ3n) is 5.09. The first-order valence-electron chi connectivity index (χ1n) is 9.67. The van der Waals surface area contributed by atoms with E-state index in [4.69, 9.17) is 9.47 Å². The molecule has 2 heterocycles. The van der Waals surface area contributed by atoms with E-state index in [-0.39, 0.29) is 33.7 Å². The van der Waals surface area contributed by atoms with Crippen molar-refractivity contribution in [2.45, 2.75) is 6.92 Å². The summed E-state index contributed by atoms with van der Waals surface area (Å²) in [5, 5.41) is 2.97. The largest absolute Gasteiger partial charge is 0.465 e. The predicted molar refractivity (Wildman–Crippen MR) is 115 cm³/mol. The number of esters is 2. The van der Waals surface area contributed by atoms with Gasteiger partial charge in [-0.3, -0.25) is 9.69 Å². The molecular weight excluding hydrogens is 425 g/mol. The zero-order valence-corrected chi connectivity index (χ0v) is 18.4. The number of carbonyl (C=O) groups is 3. The zero-order chi connectivity index (χ0) is 22.5. The molecule has 1 aliphatic rings. The van der Waals surface area contributed by atoms with Gasteiger partial charge in [-0.2, -0.15) is 0 Å². The SMILES string of the molecule is COC(=O)c1sc(NC(=O)CN2CCN(c3ccccc3F)CC2)c(C(=O)OC)c1C. The van der Waals surface area contributed by atoms with Crippen LogP contribution in [0.3, 0.4) is 0 Å². The van der Waals surface area contributed by atoms with E-state index < -0.39 is 11.9 Å². The average Bonchev–Trinajstić information content (AvgIpc) is 3.09. The van der Waals surface area contributed by atoms with E-state index in [1.165, 1.54) is 20.3 Å². The van der Waals surface area contributed by atoms with E-state index in [1.807, 2.05) is 9.80 Å². The van der Waals surface area contributed by atoms with Crippen LogP contribution in [0.1, 0.15) is 25.6 Å². The van der Waals surface area contributed by atoms with Crippen molar-refractivity contribution in [3.8, 4) is 0 Å². The van der Waals surface area contributed by atoms with Gasteiger partial charge in [0.2, 0.25) is 5.91 Å². The molecule has 1 aromatic heterocycles. The molecule has 1 amide bonds. The Balaban J connectivity index is 1.64. The second kappa shape index (κ2) is 9.88. The van der Waals surface area contributed by atoms with Crippen molar-refractivity contribution in [2.24, 2.45) is 0 Å². The quantitative estimate of drug-likeness (QED) is 0.678. The molecule has 0 spiro atoms. The molecule has 1 fully saturated rings. The fraction of sp³-hybridized carbons (Fsp3) is 0.381. The Hall–Kier alpha value is -2.98. The molecular formula is C21H24FN3O5S. The van der Waals surface area contributed by atoms with Crippen LogP contribution in [-0.4, -0.2) is 69.7 Å². The van der Waals surface area contributed by atoms with Gasteiger partial charge in [-0.15, -0.1) is 11.3 Å². The first-order chi connectivity index (χ1) is 14.8. The first-order valence-corrected chi connectivity index (χ1v) is 10.5. The number of piperazine rings is 1. The molecule has 0 unspecified atom stereocenters. The first kappa shape index (κ1) is 22.7. The molecule has 1 N–H and O–H groups in total. The van der Waals surface area contributed by atoms with E-state index in [0.717, 1.165) is 11.3 Å². The molecule has 1 aliphatic heterocycles. The molecule has 0 saturated carbocycles. The molecule has 1 aromatic carbocycles. The van der Waals surface area contributed by atoms with Crippen molar-refractivity contribution in [1.82, 2.24) is 4.90 Å². The minimum Gasteiger partial charge on any atom is -0.465 e. The minimum atomic E-state index is -0.641.